The van der Waals surface area contributed by atoms with E-state index in [1.807, 2.05) is 6.92 Å². The van der Waals surface area contributed by atoms with Crippen molar-refractivity contribution in [2.24, 2.45) is 23.7 Å². The van der Waals surface area contributed by atoms with Crippen LogP contribution < -0.4 is 0 Å². The molecule has 2 rings (SSSR count). The van der Waals surface area contributed by atoms with Crippen LogP contribution in [0.3, 0.4) is 0 Å². The Bertz CT molecular complexity index is 292. The van der Waals surface area contributed by atoms with Crippen LogP contribution in [0.2, 0.25) is 0 Å². The average Bonchev–Trinajstić information content (AvgIpc) is 2.43. The van der Waals surface area contributed by atoms with Gasteiger partial charge in [0.25, 0.3) is 0 Å². The highest BCUT2D eigenvalue weighted by Crippen LogP contribution is 2.44. The molecule has 2 aliphatic carbocycles. The van der Waals surface area contributed by atoms with Crippen molar-refractivity contribution in [3.05, 3.63) is 12.2 Å². The molecule has 2 fully saturated rings. The number of halogens is 2. The van der Waals surface area contributed by atoms with Crippen molar-refractivity contribution < 1.29 is 8.78 Å². The molecule has 0 bridgehead atoms. The van der Waals surface area contributed by atoms with Crippen molar-refractivity contribution in [3.63, 3.8) is 0 Å². The van der Waals surface area contributed by atoms with Crippen LogP contribution in [0, 0.1) is 23.7 Å². The second-order valence-electron chi connectivity index (χ2n) is 6.50. The zero-order chi connectivity index (χ0) is 13.8. The summed E-state index contributed by atoms with van der Waals surface area (Å²) in [5.74, 6) is 1.05. The Hall–Kier alpha value is -0.400. The Morgan fingerprint density at radius 3 is 2.21 bits per heavy atom. The number of hydrogen-bond acceptors (Lipinski definition) is 0. The van der Waals surface area contributed by atoms with Crippen molar-refractivity contribution in [3.8, 4) is 0 Å². The average molecular weight is 270 g/mol. The molecule has 0 spiro atoms. The van der Waals surface area contributed by atoms with Crippen molar-refractivity contribution in [2.75, 3.05) is 0 Å². The molecular weight excluding hydrogens is 242 g/mol. The molecule has 0 aliphatic heterocycles. The minimum atomic E-state index is -1.21. The molecule has 0 amide bonds. The topological polar surface area (TPSA) is 0 Å². The van der Waals surface area contributed by atoms with Gasteiger partial charge in [-0.25, -0.2) is 8.78 Å². The maximum Gasteiger partial charge on any atom is 0.134 e. The van der Waals surface area contributed by atoms with Gasteiger partial charge in [-0.2, -0.15) is 0 Å². The first-order chi connectivity index (χ1) is 9.17. The molecule has 2 saturated carbocycles. The van der Waals surface area contributed by atoms with Crippen molar-refractivity contribution in [1.82, 2.24) is 0 Å². The summed E-state index contributed by atoms with van der Waals surface area (Å²) in [5, 5.41) is 0. The van der Waals surface area contributed by atoms with Crippen molar-refractivity contribution in [2.45, 2.75) is 71.1 Å². The van der Waals surface area contributed by atoms with Crippen molar-refractivity contribution >= 4 is 0 Å². The lowest BCUT2D eigenvalue weighted by molar-refractivity contribution is -0.0112. The number of hydrogen-bond donors (Lipinski definition) is 0. The van der Waals surface area contributed by atoms with E-state index in [2.05, 4.69) is 19.1 Å². The third kappa shape index (κ3) is 3.38. The zero-order valence-corrected chi connectivity index (χ0v) is 12.3. The third-order valence-electron chi connectivity index (χ3n) is 5.45. The van der Waals surface area contributed by atoms with Gasteiger partial charge in [0, 0.05) is 0 Å². The van der Waals surface area contributed by atoms with Gasteiger partial charge in [0.15, 0.2) is 0 Å². The Labute approximate surface area is 116 Å². The van der Waals surface area contributed by atoms with Crippen LogP contribution in [0.15, 0.2) is 12.2 Å². The number of rotatable bonds is 3. The van der Waals surface area contributed by atoms with Crippen LogP contribution >= 0.6 is 0 Å². The van der Waals surface area contributed by atoms with Crippen LogP contribution in [-0.4, -0.2) is 12.3 Å². The molecule has 0 N–H and O–H groups in total. The van der Waals surface area contributed by atoms with Gasteiger partial charge in [-0.15, -0.1) is 0 Å². The monoisotopic (exact) mass is 270 g/mol. The van der Waals surface area contributed by atoms with E-state index >= 15 is 0 Å². The minimum absolute atomic E-state index is 0.00986. The molecule has 4 atom stereocenters. The molecule has 0 aromatic carbocycles. The van der Waals surface area contributed by atoms with Crippen LogP contribution in [0.4, 0.5) is 8.78 Å². The van der Waals surface area contributed by atoms with Gasteiger partial charge in [0.05, 0.1) is 0 Å². The second-order valence-corrected chi connectivity index (χ2v) is 6.50. The summed E-state index contributed by atoms with van der Waals surface area (Å²) in [6.07, 6.45) is 9.03. The van der Waals surface area contributed by atoms with E-state index in [4.69, 9.17) is 0 Å². The maximum atomic E-state index is 14.3. The highest BCUT2D eigenvalue weighted by Gasteiger charge is 2.43. The summed E-state index contributed by atoms with van der Waals surface area (Å²) in [5.41, 5.74) is 0. The normalized spacial score (nSPS) is 44.6. The summed E-state index contributed by atoms with van der Waals surface area (Å²) in [6.45, 7) is 4.04. The third-order valence-corrected chi connectivity index (χ3v) is 5.45. The molecule has 2 heteroatoms. The van der Waals surface area contributed by atoms with E-state index in [0.717, 1.165) is 44.9 Å². The van der Waals surface area contributed by atoms with Gasteiger partial charge in [0.2, 0.25) is 0 Å². The Morgan fingerprint density at radius 1 is 0.947 bits per heavy atom. The molecule has 2 aliphatic rings. The van der Waals surface area contributed by atoms with E-state index < -0.39 is 12.3 Å². The van der Waals surface area contributed by atoms with Gasteiger partial charge in [0.1, 0.15) is 12.3 Å². The molecule has 0 nitrogen and oxygen atoms in total. The second kappa shape index (κ2) is 6.85. The lowest BCUT2D eigenvalue weighted by Crippen LogP contribution is -2.41. The molecule has 0 radical (unpaired) electrons. The Morgan fingerprint density at radius 2 is 1.63 bits per heavy atom. The predicted octanol–water partition coefficient (Wildman–Crippen LogP) is 5.48. The van der Waals surface area contributed by atoms with E-state index in [-0.39, 0.29) is 11.8 Å². The van der Waals surface area contributed by atoms with Crippen LogP contribution in [0.25, 0.3) is 0 Å². The maximum absolute atomic E-state index is 14.3. The molecule has 0 heterocycles. The standard InChI is InChI=1S/C17H28F2/c1-3-5-12-6-8-14(9-7-12)15-11-10-13(4-2)16(18)17(15)19/h3,5,12-17H,4,6-11H2,1-2H3. The first-order valence-electron chi connectivity index (χ1n) is 8.08. The highest BCUT2D eigenvalue weighted by molar-refractivity contribution is 4.94. The van der Waals surface area contributed by atoms with Crippen LogP contribution in [-0.2, 0) is 0 Å². The molecule has 19 heavy (non-hydrogen) atoms. The Balaban J connectivity index is 1.89. The zero-order valence-electron chi connectivity index (χ0n) is 12.3. The number of alkyl halides is 2. The van der Waals surface area contributed by atoms with Crippen LogP contribution in [0.1, 0.15) is 58.8 Å². The summed E-state index contributed by atoms with van der Waals surface area (Å²) in [7, 11) is 0. The largest absolute Gasteiger partial charge is 0.244 e. The first kappa shape index (κ1) is 15.0. The fraction of sp³-hybridized carbons (Fsp3) is 0.882. The first-order valence-corrected chi connectivity index (χ1v) is 8.08. The molecular formula is C17H28F2. The van der Waals surface area contributed by atoms with E-state index in [1.54, 1.807) is 0 Å². The van der Waals surface area contributed by atoms with E-state index in [0.29, 0.717) is 11.8 Å². The molecule has 0 aromatic rings. The van der Waals surface area contributed by atoms with E-state index in [9.17, 15) is 8.78 Å². The molecule has 0 aromatic heterocycles. The summed E-state index contributed by atoms with van der Waals surface area (Å²) >= 11 is 0. The predicted molar refractivity (Wildman–Crippen MR) is 76.6 cm³/mol. The molecule has 0 saturated heterocycles. The molecule has 4 unspecified atom stereocenters. The molecule has 110 valence electrons. The Kier molecular flexibility index (Phi) is 5.41. The summed E-state index contributed by atoms with van der Waals surface area (Å²) in [6, 6.07) is 0. The van der Waals surface area contributed by atoms with Gasteiger partial charge < -0.3 is 0 Å². The lowest BCUT2D eigenvalue weighted by atomic mass is 9.67. The number of allylic oxidation sites excluding steroid dienone is 2. The lowest BCUT2D eigenvalue weighted by Gasteiger charge is -2.41. The van der Waals surface area contributed by atoms with Gasteiger partial charge >= 0.3 is 0 Å². The van der Waals surface area contributed by atoms with E-state index in [1.165, 1.54) is 0 Å². The summed E-state index contributed by atoms with van der Waals surface area (Å²) in [4.78, 5) is 0. The highest BCUT2D eigenvalue weighted by atomic mass is 19.2. The minimum Gasteiger partial charge on any atom is -0.244 e. The van der Waals surface area contributed by atoms with Crippen molar-refractivity contribution in [1.29, 1.82) is 0 Å². The van der Waals surface area contributed by atoms with Gasteiger partial charge in [-0.1, -0.05) is 25.5 Å². The SMILES string of the molecule is CC=CC1CCC(C2CCC(CC)C(F)C2F)CC1. The van der Waals surface area contributed by atoms with Crippen LogP contribution in [0.5, 0.6) is 0 Å². The van der Waals surface area contributed by atoms with Gasteiger partial charge in [-0.3, -0.25) is 0 Å². The fourth-order valence-corrected chi connectivity index (χ4v) is 4.18. The summed E-state index contributed by atoms with van der Waals surface area (Å²) < 4.78 is 28.4. The van der Waals surface area contributed by atoms with Gasteiger partial charge in [-0.05, 0) is 69.1 Å². The quantitative estimate of drug-likeness (QED) is 0.596. The smallest absolute Gasteiger partial charge is 0.134 e. The fourth-order valence-electron chi connectivity index (χ4n) is 4.18.